The van der Waals surface area contributed by atoms with Crippen molar-refractivity contribution in [2.24, 2.45) is 22.6 Å². The van der Waals surface area contributed by atoms with E-state index < -0.39 is 0 Å². The van der Waals surface area contributed by atoms with Crippen molar-refractivity contribution in [1.82, 2.24) is 5.32 Å². The quantitative estimate of drug-likeness (QED) is 0.0938. The van der Waals surface area contributed by atoms with Gasteiger partial charge in [-0.3, -0.25) is 9.79 Å². The van der Waals surface area contributed by atoms with E-state index in [1.54, 1.807) is 31.3 Å². The normalized spacial score (nSPS) is 15.8. The minimum Gasteiger partial charge on any atom is -0.504 e. The van der Waals surface area contributed by atoms with Crippen molar-refractivity contribution in [3.05, 3.63) is 53.6 Å². The van der Waals surface area contributed by atoms with E-state index >= 15 is 0 Å². The van der Waals surface area contributed by atoms with Gasteiger partial charge >= 0.3 is 0 Å². The third-order valence-corrected chi connectivity index (χ3v) is 7.74. The van der Waals surface area contributed by atoms with Crippen LogP contribution in [0.3, 0.4) is 0 Å². The molecule has 1 aliphatic carbocycles. The number of guanidine groups is 1. The number of benzene rings is 2. The van der Waals surface area contributed by atoms with Gasteiger partial charge in [0.05, 0.1) is 12.8 Å². The number of allylic oxidation sites excluding steroid dienone is 2. The molecule has 1 saturated carbocycles. The maximum atomic E-state index is 12.8. The summed E-state index contributed by atoms with van der Waals surface area (Å²) in [5.74, 6) is 1.45. The number of nitrogens with one attached hydrogen (secondary N) is 2. The van der Waals surface area contributed by atoms with E-state index in [4.69, 9.17) is 15.2 Å². The Bertz CT molecular complexity index is 1230. The van der Waals surface area contributed by atoms with Gasteiger partial charge in [0.1, 0.15) is 5.60 Å². The highest BCUT2D eigenvalue weighted by Gasteiger charge is 2.36. The lowest BCUT2D eigenvalue weighted by Crippen LogP contribution is -2.42. The number of nitrogens with two attached hydrogens (primary N) is 1. The highest BCUT2D eigenvalue weighted by atomic mass is 16.5. The number of likely N-dealkylation sites (N-methyl/N-ethyl adjacent to an activating group) is 1. The molecule has 1 fully saturated rings. The lowest BCUT2D eigenvalue weighted by atomic mass is 9.88. The molecule has 41 heavy (non-hydrogen) atoms. The van der Waals surface area contributed by atoms with Crippen LogP contribution in [0.1, 0.15) is 57.1 Å². The van der Waals surface area contributed by atoms with Crippen LogP contribution in [0.4, 0.5) is 5.69 Å². The molecule has 1 atom stereocenters. The summed E-state index contributed by atoms with van der Waals surface area (Å²) in [6, 6.07) is 8.89. The number of hydrogen-bond acceptors (Lipinski definition) is 7. The van der Waals surface area contributed by atoms with Crippen LogP contribution in [0, 0.1) is 11.8 Å². The van der Waals surface area contributed by atoms with Crippen LogP contribution in [-0.2, 0) is 17.6 Å². The Hall–Kier alpha value is -3.72. The van der Waals surface area contributed by atoms with Gasteiger partial charge < -0.3 is 36.1 Å². The molecule has 9 nitrogen and oxygen atoms in total. The van der Waals surface area contributed by atoms with E-state index in [2.05, 4.69) is 29.5 Å². The fraction of sp³-hybridized carbons (Fsp3) is 0.500. The summed E-state index contributed by atoms with van der Waals surface area (Å²) in [5, 5.41) is 27.2. The first-order chi connectivity index (χ1) is 19.6. The largest absolute Gasteiger partial charge is 0.504 e. The maximum Gasteiger partial charge on any atom is 0.192 e. The minimum atomic E-state index is -0.377. The Balaban J connectivity index is 1.79. The molecule has 1 unspecified atom stereocenters. The van der Waals surface area contributed by atoms with E-state index in [-0.39, 0.29) is 40.7 Å². The van der Waals surface area contributed by atoms with Gasteiger partial charge in [0.25, 0.3) is 0 Å². The number of rotatable bonds is 14. The zero-order valence-electron chi connectivity index (χ0n) is 25.0. The number of nitrogens with zero attached hydrogens (tertiary/aromatic N) is 1. The van der Waals surface area contributed by atoms with Crippen molar-refractivity contribution in [3.63, 3.8) is 0 Å². The molecule has 2 aromatic rings. The average Bonchev–Trinajstić information content (AvgIpc) is 3.40. The van der Waals surface area contributed by atoms with Gasteiger partial charge in [0, 0.05) is 20.0 Å². The van der Waals surface area contributed by atoms with E-state index in [0.717, 1.165) is 36.8 Å². The zero-order valence-corrected chi connectivity index (χ0v) is 25.0. The Morgan fingerprint density at radius 1 is 1.15 bits per heavy atom. The summed E-state index contributed by atoms with van der Waals surface area (Å²) in [6.45, 7) is 4.94. The summed E-state index contributed by atoms with van der Waals surface area (Å²) in [7, 11) is 4.99. The van der Waals surface area contributed by atoms with Crippen molar-refractivity contribution in [3.8, 4) is 23.0 Å². The number of ketones is 1. The Morgan fingerprint density at radius 2 is 1.85 bits per heavy atom. The summed E-state index contributed by atoms with van der Waals surface area (Å²) < 4.78 is 11.7. The van der Waals surface area contributed by atoms with Crippen LogP contribution >= 0.6 is 0 Å². The number of ether oxygens (including phenoxy) is 2. The topological polar surface area (TPSA) is 138 Å². The average molecular weight is 567 g/mol. The number of hydrogen-bond donors (Lipinski definition) is 5. The van der Waals surface area contributed by atoms with Crippen molar-refractivity contribution in [1.29, 1.82) is 0 Å². The molecule has 0 amide bonds. The second-order valence-electron chi connectivity index (χ2n) is 11.2. The summed E-state index contributed by atoms with van der Waals surface area (Å²) >= 11 is 0. The first kappa shape index (κ1) is 31.8. The van der Waals surface area contributed by atoms with Gasteiger partial charge in [-0.05, 0) is 98.9 Å². The van der Waals surface area contributed by atoms with Gasteiger partial charge in [-0.25, -0.2) is 0 Å². The zero-order chi connectivity index (χ0) is 30.0. The van der Waals surface area contributed by atoms with E-state index in [9.17, 15) is 15.0 Å². The fourth-order valence-electron chi connectivity index (χ4n) is 5.30. The molecule has 0 aliphatic heterocycles. The summed E-state index contributed by atoms with van der Waals surface area (Å²) in [4.78, 5) is 16.7. The molecule has 9 heteroatoms. The van der Waals surface area contributed by atoms with Gasteiger partial charge in [-0.1, -0.05) is 26.0 Å². The van der Waals surface area contributed by atoms with Gasteiger partial charge in [0.15, 0.2) is 34.7 Å². The Kier molecular flexibility index (Phi) is 11.5. The molecule has 0 radical (unpaired) electrons. The molecule has 0 aromatic heterocycles. The first-order valence-corrected chi connectivity index (χ1v) is 14.4. The van der Waals surface area contributed by atoms with Gasteiger partial charge in [-0.2, -0.15) is 0 Å². The molecule has 0 saturated heterocycles. The summed E-state index contributed by atoms with van der Waals surface area (Å²) in [6.07, 6.45) is 9.18. The lowest BCUT2D eigenvalue weighted by molar-refractivity contribution is -0.114. The van der Waals surface area contributed by atoms with Crippen LogP contribution < -0.4 is 25.8 Å². The highest BCUT2D eigenvalue weighted by molar-refractivity contribution is 5.94. The number of anilines is 1. The molecule has 224 valence electrons. The SMILES string of the molecule is CN=C(N)Nc1cc(CC(C=CC(=O)CCc2ccc(O)c(OC)c2)C(C)C)cc(OC2(CNC)CCCC2)c1O. The molecule has 0 heterocycles. The number of carbonyl (C=O) groups is 1. The number of aryl methyl sites for hydroxylation is 1. The predicted octanol–water partition coefficient (Wildman–Crippen LogP) is 4.95. The third kappa shape index (κ3) is 8.88. The van der Waals surface area contributed by atoms with Crippen molar-refractivity contribution in [2.45, 2.75) is 64.4 Å². The third-order valence-electron chi connectivity index (χ3n) is 7.74. The minimum absolute atomic E-state index is 0.000376. The molecular formula is C32H46N4O5. The molecule has 0 bridgehead atoms. The lowest BCUT2D eigenvalue weighted by Gasteiger charge is -2.31. The Morgan fingerprint density at radius 3 is 2.49 bits per heavy atom. The predicted molar refractivity (Wildman–Crippen MR) is 164 cm³/mol. The number of methoxy groups -OCH3 is 1. The monoisotopic (exact) mass is 566 g/mol. The fourth-order valence-corrected chi connectivity index (χ4v) is 5.30. The molecule has 2 aromatic carbocycles. The maximum absolute atomic E-state index is 12.8. The van der Waals surface area contributed by atoms with Crippen LogP contribution in [0.2, 0.25) is 0 Å². The smallest absolute Gasteiger partial charge is 0.192 e. The van der Waals surface area contributed by atoms with Crippen LogP contribution in [0.5, 0.6) is 23.0 Å². The molecule has 3 rings (SSSR count). The highest BCUT2D eigenvalue weighted by Crippen LogP contribution is 2.42. The number of phenolic OH excluding ortho intramolecular Hbond substituents is 2. The van der Waals surface area contributed by atoms with Gasteiger partial charge in [-0.15, -0.1) is 0 Å². The first-order valence-electron chi connectivity index (χ1n) is 14.4. The molecule has 0 spiro atoms. The molecule has 6 N–H and O–H groups in total. The van der Waals surface area contributed by atoms with E-state index in [1.165, 1.54) is 7.11 Å². The molecular weight excluding hydrogens is 520 g/mol. The number of aromatic hydroxyl groups is 2. The van der Waals surface area contributed by atoms with E-state index in [0.29, 0.717) is 43.0 Å². The Labute approximate surface area is 243 Å². The van der Waals surface area contributed by atoms with Crippen molar-refractivity contribution < 1.29 is 24.5 Å². The van der Waals surface area contributed by atoms with E-state index in [1.807, 2.05) is 25.3 Å². The number of carbonyl (C=O) groups excluding carboxylic acids is 1. The second kappa shape index (κ2) is 14.8. The standard InChI is InChI=1S/C32H46N4O5/c1-21(2)24(10-12-25(37)11-8-22-9-13-27(38)28(18-22)40-5)16-23-17-26(36-31(33)35-4)30(39)29(19-23)41-32(20-34-3)14-6-7-15-32/h9-10,12-13,17-19,21,24,34,38-39H,6-8,11,14-16,20H2,1-5H3,(H3,33,35,36). The van der Waals surface area contributed by atoms with Crippen molar-refractivity contribution >= 4 is 17.4 Å². The van der Waals surface area contributed by atoms with Crippen LogP contribution in [0.15, 0.2) is 47.5 Å². The van der Waals surface area contributed by atoms with Gasteiger partial charge in [0.2, 0.25) is 0 Å². The number of aliphatic imine (C=N–C) groups is 1. The van der Waals surface area contributed by atoms with Crippen molar-refractivity contribution in [2.75, 3.05) is 33.1 Å². The molecule has 1 aliphatic rings. The van der Waals surface area contributed by atoms with Crippen LogP contribution in [0.25, 0.3) is 0 Å². The summed E-state index contributed by atoms with van der Waals surface area (Å²) in [5.41, 5.74) is 7.88. The van der Waals surface area contributed by atoms with Crippen LogP contribution in [-0.4, -0.2) is 55.3 Å². The second-order valence-corrected chi connectivity index (χ2v) is 11.2. The number of phenols is 2.